The lowest BCUT2D eigenvalue weighted by Gasteiger charge is -2.07. The van der Waals surface area contributed by atoms with Gasteiger partial charge in [-0.2, -0.15) is 0 Å². The summed E-state index contributed by atoms with van der Waals surface area (Å²) >= 11 is 0. The summed E-state index contributed by atoms with van der Waals surface area (Å²) in [6, 6.07) is 7.58. The van der Waals surface area contributed by atoms with Crippen LogP contribution in [-0.2, 0) is 14.3 Å². The number of aryl methyl sites for hydroxylation is 1. The van der Waals surface area contributed by atoms with E-state index < -0.39 is 5.97 Å². The molecular formula is C12H14O3. The first-order valence-corrected chi connectivity index (χ1v) is 4.58. The number of methoxy groups -OCH3 is 2. The Morgan fingerprint density at radius 3 is 2.47 bits per heavy atom. The second-order valence-electron chi connectivity index (χ2n) is 3.07. The average Bonchev–Trinajstić information content (AvgIpc) is 2.26. The molecule has 15 heavy (non-hydrogen) atoms. The van der Waals surface area contributed by atoms with Crippen LogP contribution in [0.1, 0.15) is 11.1 Å². The predicted octanol–water partition coefficient (Wildman–Crippen LogP) is 2.16. The summed E-state index contributed by atoms with van der Waals surface area (Å²) in [5.74, 6) is -0.397. The van der Waals surface area contributed by atoms with Crippen LogP contribution in [0.3, 0.4) is 0 Å². The van der Waals surface area contributed by atoms with Crippen LogP contribution in [0.25, 0.3) is 5.57 Å². The van der Waals surface area contributed by atoms with Crippen molar-refractivity contribution in [3.8, 4) is 0 Å². The van der Waals surface area contributed by atoms with Crippen molar-refractivity contribution < 1.29 is 14.3 Å². The van der Waals surface area contributed by atoms with Crippen LogP contribution in [0, 0.1) is 6.92 Å². The number of esters is 1. The molecule has 0 aromatic heterocycles. The molecule has 0 heterocycles. The highest BCUT2D eigenvalue weighted by Gasteiger charge is 2.14. The maximum absolute atomic E-state index is 11.5. The molecule has 0 fully saturated rings. The van der Waals surface area contributed by atoms with Crippen LogP contribution < -0.4 is 0 Å². The van der Waals surface area contributed by atoms with E-state index in [4.69, 9.17) is 4.74 Å². The lowest BCUT2D eigenvalue weighted by atomic mass is 10.0. The molecule has 0 spiro atoms. The minimum Gasteiger partial charge on any atom is -0.503 e. The van der Waals surface area contributed by atoms with E-state index in [0.29, 0.717) is 5.57 Å². The summed E-state index contributed by atoms with van der Waals surface area (Å²) in [7, 11) is 2.85. The van der Waals surface area contributed by atoms with Crippen LogP contribution in [-0.4, -0.2) is 20.2 Å². The zero-order valence-electron chi connectivity index (χ0n) is 9.11. The molecule has 0 atom stereocenters. The molecule has 0 bridgehead atoms. The van der Waals surface area contributed by atoms with Gasteiger partial charge in [-0.3, -0.25) is 0 Å². The van der Waals surface area contributed by atoms with E-state index in [9.17, 15) is 4.79 Å². The Labute approximate surface area is 89.3 Å². The van der Waals surface area contributed by atoms with Crippen molar-refractivity contribution in [1.82, 2.24) is 0 Å². The largest absolute Gasteiger partial charge is 0.503 e. The molecule has 0 unspecified atom stereocenters. The smallest absolute Gasteiger partial charge is 0.341 e. The van der Waals surface area contributed by atoms with Gasteiger partial charge in [-0.15, -0.1) is 0 Å². The lowest BCUT2D eigenvalue weighted by molar-refractivity contribution is -0.133. The number of hydrogen-bond acceptors (Lipinski definition) is 3. The van der Waals surface area contributed by atoms with Crippen LogP contribution in [0.4, 0.5) is 0 Å². The zero-order valence-corrected chi connectivity index (χ0v) is 9.11. The van der Waals surface area contributed by atoms with Gasteiger partial charge in [0, 0.05) is 0 Å². The number of rotatable bonds is 3. The van der Waals surface area contributed by atoms with Crippen LogP contribution >= 0.6 is 0 Å². The Morgan fingerprint density at radius 2 is 1.93 bits per heavy atom. The van der Waals surface area contributed by atoms with Crippen LogP contribution in [0.5, 0.6) is 0 Å². The van der Waals surface area contributed by atoms with E-state index >= 15 is 0 Å². The Kier molecular flexibility index (Phi) is 3.92. The minimum atomic E-state index is -0.397. The lowest BCUT2D eigenvalue weighted by Crippen LogP contribution is -2.05. The molecule has 1 aromatic rings. The fraction of sp³-hybridized carbons (Fsp3) is 0.250. The van der Waals surface area contributed by atoms with Crippen molar-refractivity contribution in [2.24, 2.45) is 0 Å². The molecule has 0 saturated heterocycles. The Hall–Kier alpha value is -1.77. The first kappa shape index (κ1) is 11.3. The molecule has 1 aromatic carbocycles. The predicted molar refractivity (Wildman–Crippen MR) is 58.2 cm³/mol. The van der Waals surface area contributed by atoms with E-state index in [1.54, 1.807) is 0 Å². The maximum atomic E-state index is 11.5. The molecule has 0 N–H and O–H groups in total. The summed E-state index contributed by atoms with van der Waals surface area (Å²) in [4.78, 5) is 11.5. The molecule has 3 heteroatoms. The van der Waals surface area contributed by atoms with Gasteiger partial charge in [-0.1, -0.05) is 24.3 Å². The number of carbonyl (C=O) groups is 1. The Balaban J connectivity index is 3.17. The molecule has 0 amide bonds. The highest BCUT2D eigenvalue weighted by Crippen LogP contribution is 2.19. The fourth-order valence-corrected chi connectivity index (χ4v) is 1.32. The second-order valence-corrected chi connectivity index (χ2v) is 3.07. The molecule has 0 aliphatic heterocycles. The van der Waals surface area contributed by atoms with Crippen molar-refractivity contribution >= 4 is 11.5 Å². The molecule has 0 aliphatic rings. The second kappa shape index (κ2) is 5.20. The third kappa shape index (κ3) is 2.59. The van der Waals surface area contributed by atoms with Gasteiger partial charge in [-0.25, -0.2) is 4.79 Å². The standard InChI is InChI=1S/C12H14O3/c1-9-6-4-5-7-10(9)11(8-14-2)12(13)15-3/h4-8H,1-3H3/b11-8+. The van der Waals surface area contributed by atoms with Crippen LogP contribution in [0.15, 0.2) is 30.5 Å². The van der Waals surface area contributed by atoms with Crippen molar-refractivity contribution in [2.45, 2.75) is 6.92 Å². The summed E-state index contributed by atoms with van der Waals surface area (Å²) in [6.07, 6.45) is 1.40. The van der Waals surface area contributed by atoms with Gasteiger partial charge in [0.15, 0.2) is 0 Å². The third-order valence-electron chi connectivity index (χ3n) is 2.08. The van der Waals surface area contributed by atoms with Crippen molar-refractivity contribution in [3.05, 3.63) is 41.7 Å². The summed E-state index contributed by atoms with van der Waals surface area (Å²) < 4.78 is 9.56. The van der Waals surface area contributed by atoms with Crippen LogP contribution in [0.2, 0.25) is 0 Å². The van der Waals surface area contributed by atoms with Gasteiger partial charge in [0.2, 0.25) is 0 Å². The monoisotopic (exact) mass is 206 g/mol. The van der Waals surface area contributed by atoms with Gasteiger partial charge < -0.3 is 9.47 Å². The van der Waals surface area contributed by atoms with Crippen molar-refractivity contribution in [1.29, 1.82) is 0 Å². The normalized spacial score (nSPS) is 11.0. The minimum absolute atomic E-state index is 0.397. The van der Waals surface area contributed by atoms with E-state index in [0.717, 1.165) is 11.1 Å². The molecule has 3 nitrogen and oxygen atoms in total. The quantitative estimate of drug-likeness (QED) is 0.432. The van der Waals surface area contributed by atoms with Gasteiger partial charge in [-0.05, 0) is 18.1 Å². The number of carbonyl (C=O) groups excluding carboxylic acids is 1. The molecular weight excluding hydrogens is 192 g/mol. The third-order valence-corrected chi connectivity index (χ3v) is 2.08. The van der Waals surface area contributed by atoms with Gasteiger partial charge in [0.25, 0.3) is 0 Å². The van der Waals surface area contributed by atoms with E-state index in [2.05, 4.69) is 4.74 Å². The first-order chi connectivity index (χ1) is 7.20. The molecule has 1 rings (SSSR count). The summed E-state index contributed by atoms with van der Waals surface area (Å²) in [5, 5.41) is 0. The summed E-state index contributed by atoms with van der Waals surface area (Å²) in [5.41, 5.74) is 2.26. The Bertz CT molecular complexity index is 380. The maximum Gasteiger partial charge on any atom is 0.341 e. The average molecular weight is 206 g/mol. The topological polar surface area (TPSA) is 35.5 Å². The summed E-state index contributed by atoms with van der Waals surface area (Å²) in [6.45, 7) is 1.93. The first-order valence-electron chi connectivity index (χ1n) is 4.58. The van der Waals surface area contributed by atoms with Crippen molar-refractivity contribution in [3.63, 3.8) is 0 Å². The van der Waals surface area contributed by atoms with Gasteiger partial charge in [0.1, 0.15) is 5.57 Å². The molecule has 0 saturated carbocycles. The zero-order chi connectivity index (χ0) is 11.3. The fourth-order valence-electron chi connectivity index (χ4n) is 1.32. The van der Waals surface area contributed by atoms with Gasteiger partial charge >= 0.3 is 5.97 Å². The molecule has 0 radical (unpaired) electrons. The van der Waals surface area contributed by atoms with E-state index in [-0.39, 0.29) is 0 Å². The molecule has 80 valence electrons. The SMILES string of the molecule is CO/C=C(/C(=O)OC)c1ccccc1C. The van der Waals surface area contributed by atoms with E-state index in [1.807, 2.05) is 31.2 Å². The highest BCUT2D eigenvalue weighted by atomic mass is 16.5. The highest BCUT2D eigenvalue weighted by molar-refractivity contribution is 6.16. The number of hydrogen-bond donors (Lipinski definition) is 0. The molecule has 0 aliphatic carbocycles. The van der Waals surface area contributed by atoms with E-state index in [1.165, 1.54) is 20.5 Å². The van der Waals surface area contributed by atoms with Crippen molar-refractivity contribution in [2.75, 3.05) is 14.2 Å². The van der Waals surface area contributed by atoms with Gasteiger partial charge in [0.05, 0.1) is 20.5 Å². The number of ether oxygens (including phenoxy) is 2. The number of benzene rings is 1. The Morgan fingerprint density at radius 1 is 1.27 bits per heavy atom.